The van der Waals surface area contributed by atoms with Crippen LogP contribution in [0.4, 0.5) is 0 Å². The number of fused-ring (bicyclic) bond motifs is 2. The summed E-state index contributed by atoms with van der Waals surface area (Å²) in [7, 11) is 0. The van der Waals surface area contributed by atoms with Crippen LogP contribution >= 0.6 is 11.8 Å². The fourth-order valence-electron chi connectivity index (χ4n) is 3.85. The van der Waals surface area contributed by atoms with Gasteiger partial charge < -0.3 is 0 Å². The summed E-state index contributed by atoms with van der Waals surface area (Å²) in [5, 5.41) is 9.75. The van der Waals surface area contributed by atoms with Gasteiger partial charge in [0.15, 0.2) is 5.16 Å². The van der Waals surface area contributed by atoms with E-state index < -0.39 is 0 Å². The van der Waals surface area contributed by atoms with Crippen molar-refractivity contribution in [3.8, 4) is 5.69 Å². The van der Waals surface area contributed by atoms with Crippen molar-refractivity contribution in [1.82, 2.24) is 24.5 Å². The SMILES string of the molecule is CC[C@H](C)c1ccc(-n2c(SCn3nnc4ccccc4c3=O)nc3ccccc3c2=O)cc1. The van der Waals surface area contributed by atoms with Crippen molar-refractivity contribution >= 4 is 33.6 Å². The Labute approximate surface area is 200 Å². The van der Waals surface area contributed by atoms with E-state index in [1.165, 1.54) is 22.0 Å². The van der Waals surface area contributed by atoms with Gasteiger partial charge in [0.25, 0.3) is 11.1 Å². The average molecular weight is 470 g/mol. The summed E-state index contributed by atoms with van der Waals surface area (Å²) in [6.45, 7) is 4.34. The Bertz CT molecular complexity index is 1610. The minimum atomic E-state index is -0.231. The fourth-order valence-corrected chi connectivity index (χ4v) is 4.74. The van der Waals surface area contributed by atoms with Gasteiger partial charge in [0.05, 0.1) is 27.9 Å². The van der Waals surface area contributed by atoms with Gasteiger partial charge in [-0.2, -0.15) is 4.68 Å². The first-order valence-electron chi connectivity index (χ1n) is 11.1. The number of thioether (sulfide) groups is 1. The van der Waals surface area contributed by atoms with Gasteiger partial charge >= 0.3 is 0 Å². The molecule has 3 aromatic carbocycles. The van der Waals surface area contributed by atoms with E-state index in [1.807, 2.05) is 36.4 Å². The largest absolute Gasteiger partial charge is 0.278 e. The lowest BCUT2D eigenvalue weighted by Gasteiger charge is -2.15. The number of hydrogen-bond acceptors (Lipinski definition) is 6. The topological polar surface area (TPSA) is 82.7 Å². The first kappa shape index (κ1) is 22.0. The predicted octanol–water partition coefficient (Wildman–Crippen LogP) is 4.75. The molecule has 1 atom stereocenters. The summed E-state index contributed by atoms with van der Waals surface area (Å²) in [6.07, 6.45) is 1.04. The van der Waals surface area contributed by atoms with E-state index in [1.54, 1.807) is 28.8 Å². The van der Waals surface area contributed by atoms with E-state index in [9.17, 15) is 9.59 Å². The molecule has 0 saturated heterocycles. The molecule has 2 heterocycles. The van der Waals surface area contributed by atoms with Crippen LogP contribution in [0.15, 0.2) is 87.5 Å². The molecule has 0 aliphatic carbocycles. The molecule has 34 heavy (non-hydrogen) atoms. The molecule has 0 radical (unpaired) electrons. The molecule has 5 aromatic rings. The van der Waals surface area contributed by atoms with Gasteiger partial charge in [-0.25, -0.2) is 4.98 Å². The third kappa shape index (κ3) is 4.01. The van der Waals surface area contributed by atoms with Crippen LogP contribution in [0.3, 0.4) is 0 Å². The maximum absolute atomic E-state index is 13.5. The molecule has 0 aliphatic heterocycles. The summed E-state index contributed by atoms with van der Waals surface area (Å²) in [4.78, 5) is 31.1. The second-order valence-corrected chi connectivity index (χ2v) is 9.05. The van der Waals surface area contributed by atoms with E-state index >= 15 is 0 Å². The van der Waals surface area contributed by atoms with Crippen LogP contribution in [0, 0.1) is 0 Å². The molecular weight excluding hydrogens is 446 g/mol. The summed E-state index contributed by atoms with van der Waals surface area (Å²) < 4.78 is 2.90. The standard InChI is InChI=1S/C26H23N5O2S/c1-3-17(2)18-12-14-19(15-13-18)31-25(33)20-8-4-6-10-22(20)27-26(31)34-16-30-24(32)21-9-5-7-11-23(21)28-29-30/h4-15,17H,3,16H2,1-2H3/t17-/m0/s1. The number of nitrogens with zero attached hydrogens (tertiary/aromatic N) is 5. The Kier molecular flexibility index (Phi) is 5.98. The van der Waals surface area contributed by atoms with E-state index in [-0.39, 0.29) is 17.0 Å². The predicted molar refractivity (Wildman–Crippen MR) is 136 cm³/mol. The van der Waals surface area contributed by atoms with Gasteiger partial charge in [-0.3, -0.25) is 14.2 Å². The third-order valence-corrected chi connectivity index (χ3v) is 6.93. The van der Waals surface area contributed by atoms with Crippen LogP contribution in [0.2, 0.25) is 0 Å². The summed E-state index contributed by atoms with van der Waals surface area (Å²) in [5.74, 6) is 0.611. The molecule has 0 saturated carbocycles. The second kappa shape index (κ2) is 9.23. The molecule has 170 valence electrons. The smallest absolute Gasteiger partial charge is 0.268 e. The molecule has 0 spiro atoms. The minimum Gasteiger partial charge on any atom is -0.268 e. The maximum Gasteiger partial charge on any atom is 0.278 e. The molecule has 0 aliphatic rings. The Morgan fingerprint density at radius 3 is 2.21 bits per heavy atom. The highest BCUT2D eigenvalue weighted by molar-refractivity contribution is 7.98. The van der Waals surface area contributed by atoms with Crippen LogP contribution in [0.25, 0.3) is 27.5 Å². The van der Waals surface area contributed by atoms with Gasteiger partial charge in [0.2, 0.25) is 0 Å². The first-order valence-corrected chi connectivity index (χ1v) is 12.1. The molecule has 2 aromatic heterocycles. The highest BCUT2D eigenvalue weighted by atomic mass is 32.2. The molecule has 7 nitrogen and oxygen atoms in total. The lowest BCUT2D eigenvalue weighted by Crippen LogP contribution is -2.25. The monoisotopic (exact) mass is 469 g/mol. The summed E-state index contributed by atoms with van der Waals surface area (Å²) in [5.41, 5.74) is 2.73. The number of hydrogen-bond donors (Lipinski definition) is 0. The molecule has 0 amide bonds. The van der Waals surface area contributed by atoms with Crippen molar-refractivity contribution in [2.75, 3.05) is 0 Å². The van der Waals surface area contributed by atoms with Crippen LogP contribution < -0.4 is 11.1 Å². The van der Waals surface area contributed by atoms with E-state index in [0.29, 0.717) is 32.9 Å². The first-order chi connectivity index (χ1) is 16.6. The molecule has 0 bridgehead atoms. The lowest BCUT2D eigenvalue weighted by atomic mass is 9.98. The quantitative estimate of drug-likeness (QED) is 0.264. The molecule has 0 N–H and O–H groups in total. The normalized spacial score (nSPS) is 12.3. The zero-order valence-corrected chi connectivity index (χ0v) is 19.7. The Morgan fingerprint density at radius 1 is 0.853 bits per heavy atom. The third-order valence-electron chi connectivity index (χ3n) is 6.02. The highest BCUT2D eigenvalue weighted by Gasteiger charge is 2.15. The Morgan fingerprint density at radius 2 is 1.50 bits per heavy atom. The summed E-state index contributed by atoms with van der Waals surface area (Å²) in [6, 6.07) is 22.4. The fraction of sp³-hybridized carbons (Fsp3) is 0.192. The van der Waals surface area contributed by atoms with Gasteiger partial charge in [-0.1, -0.05) is 67.2 Å². The van der Waals surface area contributed by atoms with Gasteiger partial charge in [-0.05, 0) is 54.3 Å². The van der Waals surface area contributed by atoms with Crippen molar-refractivity contribution in [3.05, 3.63) is 99.1 Å². The second-order valence-electron chi connectivity index (χ2n) is 8.14. The van der Waals surface area contributed by atoms with E-state index in [2.05, 4.69) is 36.3 Å². The van der Waals surface area contributed by atoms with Crippen LogP contribution in [-0.2, 0) is 5.88 Å². The number of aromatic nitrogens is 5. The van der Waals surface area contributed by atoms with Crippen molar-refractivity contribution in [2.24, 2.45) is 0 Å². The molecule has 8 heteroatoms. The van der Waals surface area contributed by atoms with Crippen molar-refractivity contribution < 1.29 is 0 Å². The molecule has 5 rings (SSSR count). The van der Waals surface area contributed by atoms with Gasteiger partial charge in [0.1, 0.15) is 5.52 Å². The number of rotatable bonds is 6. The minimum absolute atomic E-state index is 0.152. The Hall–Kier alpha value is -3.78. The van der Waals surface area contributed by atoms with Crippen molar-refractivity contribution in [1.29, 1.82) is 0 Å². The van der Waals surface area contributed by atoms with Crippen LogP contribution in [0.1, 0.15) is 31.7 Å². The lowest BCUT2D eigenvalue weighted by molar-refractivity contribution is 0.642. The average Bonchev–Trinajstić information content (AvgIpc) is 2.88. The number of para-hydroxylation sites is 1. The summed E-state index contributed by atoms with van der Waals surface area (Å²) >= 11 is 1.27. The maximum atomic E-state index is 13.5. The molecular formula is C26H23N5O2S. The molecule has 0 fully saturated rings. The number of benzene rings is 3. The highest BCUT2D eigenvalue weighted by Crippen LogP contribution is 2.24. The zero-order valence-electron chi connectivity index (χ0n) is 18.9. The zero-order chi connectivity index (χ0) is 23.7. The van der Waals surface area contributed by atoms with Crippen LogP contribution in [0.5, 0.6) is 0 Å². The van der Waals surface area contributed by atoms with E-state index in [4.69, 9.17) is 4.98 Å². The van der Waals surface area contributed by atoms with Crippen molar-refractivity contribution in [2.45, 2.75) is 37.2 Å². The van der Waals surface area contributed by atoms with E-state index in [0.717, 1.165) is 12.1 Å². The van der Waals surface area contributed by atoms with Crippen LogP contribution in [-0.4, -0.2) is 24.5 Å². The van der Waals surface area contributed by atoms with Crippen molar-refractivity contribution in [3.63, 3.8) is 0 Å². The van der Waals surface area contributed by atoms with Gasteiger partial charge in [0, 0.05) is 0 Å². The van der Waals surface area contributed by atoms with Gasteiger partial charge in [-0.15, -0.1) is 5.10 Å². The molecule has 0 unspecified atom stereocenters. The Balaban J connectivity index is 1.58.